The van der Waals surface area contributed by atoms with Crippen molar-refractivity contribution in [3.8, 4) is 22.3 Å². The van der Waals surface area contributed by atoms with E-state index in [4.69, 9.17) is 0 Å². The van der Waals surface area contributed by atoms with E-state index in [0.29, 0.717) is 0 Å². The molecule has 2 aliphatic carbocycles. The van der Waals surface area contributed by atoms with E-state index in [-0.39, 0.29) is 24.8 Å². The van der Waals surface area contributed by atoms with Crippen molar-refractivity contribution in [3.63, 3.8) is 0 Å². The van der Waals surface area contributed by atoms with Crippen LogP contribution in [-0.4, -0.2) is 16.1 Å². The Hall–Kier alpha value is -1.39. The Balaban J connectivity index is 0.00000165. The van der Waals surface area contributed by atoms with Gasteiger partial charge in [-0.2, -0.15) is 0 Å². The Bertz CT molecular complexity index is 1520. The minimum absolute atomic E-state index is 0. The first kappa shape index (κ1) is 31.6. The van der Waals surface area contributed by atoms with Crippen LogP contribution < -0.4 is 32.6 Å². The van der Waals surface area contributed by atoms with E-state index in [2.05, 4.69) is 98.8 Å². The second-order valence-electron chi connectivity index (χ2n) is 13.6. The van der Waals surface area contributed by atoms with Crippen molar-refractivity contribution < 1.29 is 44.0 Å². The molecule has 2 aliphatic heterocycles. The molecule has 2 saturated heterocycles. The Morgan fingerprint density at radius 2 is 0.930 bits per heavy atom. The van der Waals surface area contributed by atoms with E-state index in [9.17, 15) is 0 Å². The van der Waals surface area contributed by atoms with Gasteiger partial charge in [0.2, 0.25) is 0 Å². The van der Waals surface area contributed by atoms with Crippen LogP contribution in [-0.2, 0) is 19.2 Å². The zero-order valence-corrected chi connectivity index (χ0v) is 30.6. The molecule has 0 amide bonds. The van der Waals surface area contributed by atoms with Crippen LogP contribution in [0, 0.1) is 0 Å². The van der Waals surface area contributed by atoms with Gasteiger partial charge in [0.05, 0.1) is 0 Å². The molecule has 0 spiro atoms. The molecule has 2 fully saturated rings. The first-order valence-corrected chi connectivity index (χ1v) is 23.4. The van der Waals surface area contributed by atoms with Crippen LogP contribution in [0.15, 0.2) is 84.9 Å². The Labute approximate surface area is 282 Å². The molecule has 43 heavy (non-hydrogen) atoms. The molecule has 0 aromatic heterocycles. The fraction of sp³-hybridized carbons (Fsp3) is 0.368. The van der Waals surface area contributed by atoms with E-state index in [1.165, 1.54) is 61.9 Å². The van der Waals surface area contributed by atoms with Crippen molar-refractivity contribution in [3.05, 3.63) is 107 Å². The van der Waals surface area contributed by atoms with Gasteiger partial charge < -0.3 is 24.8 Å². The summed E-state index contributed by atoms with van der Waals surface area (Å²) >= 11 is -0.464. The zero-order chi connectivity index (χ0) is 27.6. The van der Waals surface area contributed by atoms with E-state index < -0.39 is 35.3 Å². The summed E-state index contributed by atoms with van der Waals surface area (Å²) in [6, 6.07) is 43.2. The van der Waals surface area contributed by atoms with Crippen molar-refractivity contribution in [2.24, 2.45) is 0 Å². The summed E-state index contributed by atoms with van der Waals surface area (Å²) in [5, 5.41) is 0. The molecular weight excluding hydrogens is 631 g/mol. The largest absolute Gasteiger partial charge is 1.00 e. The second-order valence-corrected chi connectivity index (χ2v) is 25.3. The standard InChI is InChI=1S/2C19H21Si.2ClH.Ti/c2*1-2-12-20(13-7-14-20)19-17-10-5-3-8-15(17)16-9-4-6-11-18(16)19;;;/h2*3-6,8-10,19H,2,7,12-14H2,1H3;2*1H;/q;;;;+2/p-2. The maximum Gasteiger partial charge on any atom is -1.00 e. The Morgan fingerprint density at radius 1 is 0.535 bits per heavy atom. The number of halogens is 2. The van der Waals surface area contributed by atoms with Gasteiger partial charge in [-0.15, -0.1) is 0 Å². The number of hydrogen-bond acceptors (Lipinski definition) is 0. The van der Waals surface area contributed by atoms with Crippen LogP contribution in [0.4, 0.5) is 0 Å². The molecule has 0 nitrogen and oxygen atoms in total. The van der Waals surface area contributed by atoms with Gasteiger partial charge in [-0.1, -0.05) is 0 Å². The molecule has 4 aliphatic rings. The van der Waals surface area contributed by atoms with Crippen molar-refractivity contribution in [2.75, 3.05) is 0 Å². The molecule has 0 radical (unpaired) electrons. The fourth-order valence-corrected chi connectivity index (χ4v) is 23.5. The molecule has 220 valence electrons. The quantitative estimate of drug-likeness (QED) is 0.251. The van der Waals surface area contributed by atoms with Gasteiger partial charge in [0.1, 0.15) is 0 Å². The molecule has 5 heteroatoms. The van der Waals surface area contributed by atoms with Gasteiger partial charge in [-0.3, -0.25) is 0 Å². The molecular formula is C38H42Cl2Si2Ti. The van der Waals surface area contributed by atoms with Crippen molar-refractivity contribution >= 4 is 23.9 Å². The van der Waals surface area contributed by atoms with Gasteiger partial charge in [-0.05, 0) is 0 Å². The topological polar surface area (TPSA) is 0 Å². The van der Waals surface area contributed by atoms with Crippen LogP contribution in [0.3, 0.4) is 0 Å². The molecule has 2 atom stereocenters. The monoisotopic (exact) mass is 672 g/mol. The number of hydrogen-bond donors (Lipinski definition) is 0. The van der Waals surface area contributed by atoms with Crippen LogP contribution in [0.2, 0.25) is 36.3 Å². The normalized spacial score (nSPS) is 21.0. The van der Waals surface area contributed by atoms with Crippen molar-refractivity contribution in [1.82, 2.24) is 0 Å². The molecule has 2 heterocycles. The third-order valence-corrected chi connectivity index (χ3v) is 25.8. The molecule has 0 bridgehead atoms. The molecule has 4 aromatic carbocycles. The summed E-state index contributed by atoms with van der Waals surface area (Å²) < 4.78 is 3.50. The minimum atomic E-state index is -1.36. The summed E-state index contributed by atoms with van der Waals surface area (Å²) in [7, 11) is -2.71. The molecule has 0 saturated carbocycles. The number of fused-ring (bicyclic) bond motifs is 6. The van der Waals surface area contributed by atoms with Gasteiger partial charge in [0, 0.05) is 0 Å². The van der Waals surface area contributed by atoms with Crippen LogP contribution in [0.1, 0.15) is 72.9 Å². The summed E-state index contributed by atoms with van der Waals surface area (Å²) in [4.78, 5) is 0. The summed E-state index contributed by atoms with van der Waals surface area (Å²) in [6.07, 6.45) is 5.65. The van der Waals surface area contributed by atoms with Crippen molar-refractivity contribution in [2.45, 2.75) is 86.9 Å². The van der Waals surface area contributed by atoms with Crippen molar-refractivity contribution in [1.29, 1.82) is 0 Å². The van der Waals surface area contributed by atoms with Crippen LogP contribution in [0.25, 0.3) is 22.3 Å². The Morgan fingerprint density at radius 3 is 1.30 bits per heavy atom. The van der Waals surface area contributed by atoms with Gasteiger partial charge in [0.15, 0.2) is 0 Å². The maximum atomic E-state index is 2.57. The number of benzene rings is 4. The average molecular weight is 674 g/mol. The van der Waals surface area contributed by atoms with Crippen LogP contribution in [0.5, 0.6) is 0 Å². The van der Waals surface area contributed by atoms with Gasteiger partial charge >= 0.3 is 259 Å². The average Bonchev–Trinajstić information content (AvgIpc) is 3.48. The molecule has 2 unspecified atom stereocenters. The van der Waals surface area contributed by atoms with Crippen LogP contribution >= 0.6 is 0 Å². The molecule has 8 rings (SSSR count). The van der Waals surface area contributed by atoms with Gasteiger partial charge in [-0.25, -0.2) is 0 Å². The summed E-state index contributed by atoms with van der Waals surface area (Å²) in [5.41, 5.74) is 14.7. The molecule has 0 N–H and O–H groups in total. The van der Waals surface area contributed by atoms with E-state index >= 15 is 0 Å². The third kappa shape index (κ3) is 4.77. The first-order valence-electron chi connectivity index (χ1n) is 16.4. The summed E-state index contributed by atoms with van der Waals surface area (Å²) in [5.74, 6) is 0. The smallest absolute Gasteiger partial charge is 1.00 e. The van der Waals surface area contributed by atoms with E-state index in [1.807, 2.05) is 0 Å². The Kier molecular flexibility index (Phi) is 9.13. The maximum absolute atomic E-state index is 2.57. The molecule has 4 aromatic rings. The predicted molar refractivity (Wildman–Crippen MR) is 177 cm³/mol. The minimum Gasteiger partial charge on any atom is -1.00 e. The van der Waals surface area contributed by atoms with Gasteiger partial charge in [0.25, 0.3) is 0 Å². The van der Waals surface area contributed by atoms with E-state index in [0.717, 1.165) is 11.1 Å². The first-order chi connectivity index (χ1) is 20.2. The van der Waals surface area contributed by atoms with E-state index in [1.54, 1.807) is 52.2 Å². The SMILES string of the molecule is CCC[Si]1(C2c3ccccc3-c3ccc[c]([Ti+2][c]4cccc5c4C([Si]4(CCC)CCC4)c4ccccc4-5)c32)CCC1.[Cl-].[Cl-]. The third-order valence-electron chi connectivity index (χ3n) is 11.6. The fourth-order valence-electron chi connectivity index (χ4n) is 9.78. The summed E-state index contributed by atoms with van der Waals surface area (Å²) in [6.45, 7) is 4.88. The second kappa shape index (κ2) is 12.4. The predicted octanol–water partition coefficient (Wildman–Crippen LogP) is 3.56. The zero-order valence-electron chi connectivity index (χ0n) is 25.6. The number of rotatable bonds is 8.